The van der Waals surface area contributed by atoms with E-state index in [0.717, 1.165) is 43.5 Å². The van der Waals surface area contributed by atoms with Gasteiger partial charge in [-0.25, -0.2) is 8.42 Å². The molecule has 0 atom stereocenters. The van der Waals surface area contributed by atoms with Crippen molar-refractivity contribution in [3.05, 3.63) is 63.6 Å². The van der Waals surface area contributed by atoms with Crippen LogP contribution in [0.5, 0.6) is 0 Å². The van der Waals surface area contributed by atoms with Crippen molar-refractivity contribution in [2.45, 2.75) is 12.2 Å². The number of anilines is 1. The fourth-order valence-electron chi connectivity index (χ4n) is 2.42. The third-order valence-electron chi connectivity index (χ3n) is 3.79. The Hall–Kier alpha value is -1.22. The number of thioether (sulfide) groups is 1. The Bertz CT molecular complexity index is 910. The number of hydrogen-bond acceptors (Lipinski definition) is 4. The molecule has 0 aliphatic carbocycles. The molecule has 0 heterocycles. The summed E-state index contributed by atoms with van der Waals surface area (Å²) in [5.41, 5.74) is 1.54. The Morgan fingerprint density at radius 3 is 2.64 bits per heavy atom. The first-order valence-electron chi connectivity index (χ1n) is 8.58. The second-order valence-electron chi connectivity index (χ2n) is 6.10. The minimum absolute atomic E-state index is 0.248. The highest BCUT2D eigenvalue weighted by Gasteiger charge is 2.20. The smallest absolute Gasteiger partial charge is 0.240 e. The zero-order chi connectivity index (χ0) is 20.6. The molecule has 152 valence electrons. The SMILES string of the molecule is CS(=O)(=O)N(CC(=O)NCCCSCc1ccccc1Cl)c1cccc(Br)c1. The molecule has 0 saturated heterocycles. The molecule has 9 heteroatoms. The van der Waals surface area contributed by atoms with E-state index in [1.165, 1.54) is 0 Å². The Morgan fingerprint density at radius 2 is 1.96 bits per heavy atom. The lowest BCUT2D eigenvalue weighted by Gasteiger charge is -2.22. The molecule has 1 amide bonds. The fourth-order valence-corrected chi connectivity index (χ4v) is 4.90. The van der Waals surface area contributed by atoms with Crippen molar-refractivity contribution in [2.75, 3.05) is 29.4 Å². The summed E-state index contributed by atoms with van der Waals surface area (Å²) in [6, 6.07) is 14.6. The van der Waals surface area contributed by atoms with Crippen molar-refractivity contribution >= 4 is 60.9 Å². The Labute approximate surface area is 184 Å². The lowest BCUT2D eigenvalue weighted by atomic mass is 10.2. The molecular formula is C19H22BrClN2O3S2. The van der Waals surface area contributed by atoms with Crippen LogP contribution in [0.2, 0.25) is 5.02 Å². The van der Waals surface area contributed by atoms with Crippen LogP contribution in [0.15, 0.2) is 53.0 Å². The van der Waals surface area contributed by atoms with E-state index in [1.54, 1.807) is 36.0 Å². The van der Waals surface area contributed by atoms with Crippen molar-refractivity contribution in [3.63, 3.8) is 0 Å². The maximum Gasteiger partial charge on any atom is 0.240 e. The summed E-state index contributed by atoms with van der Waals surface area (Å²) < 4.78 is 26.0. The highest BCUT2D eigenvalue weighted by Crippen LogP contribution is 2.22. The highest BCUT2D eigenvalue weighted by molar-refractivity contribution is 9.10. The molecule has 1 N–H and O–H groups in total. The van der Waals surface area contributed by atoms with Crippen molar-refractivity contribution in [1.29, 1.82) is 0 Å². The van der Waals surface area contributed by atoms with Gasteiger partial charge in [-0.3, -0.25) is 9.10 Å². The second-order valence-corrected chi connectivity index (χ2v) is 10.4. The Kier molecular flexibility index (Phi) is 9.14. The number of sulfonamides is 1. The standard InChI is InChI=1S/C19H22BrClN2O3S2/c1-28(25,26)23(17-8-4-7-16(20)12-17)13-19(24)22-10-5-11-27-14-15-6-2-3-9-18(15)21/h2-4,6-9,12H,5,10-11,13-14H2,1H3,(H,22,24). The van der Waals surface area contributed by atoms with Crippen LogP contribution >= 0.6 is 39.3 Å². The van der Waals surface area contributed by atoms with Crippen molar-refractivity contribution in [1.82, 2.24) is 5.32 Å². The summed E-state index contributed by atoms with van der Waals surface area (Å²) in [5.74, 6) is 1.35. The van der Waals surface area contributed by atoms with E-state index < -0.39 is 10.0 Å². The highest BCUT2D eigenvalue weighted by atomic mass is 79.9. The summed E-state index contributed by atoms with van der Waals surface area (Å²) in [5, 5.41) is 3.54. The van der Waals surface area contributed by atoms with Crippen LogP contribution in [0.1, 0.15) is 12.0 Å². The van der Waals surface area contributed by atoms with Gasteiger partial charge in [0.25, 0.3) is 0 Å². The van der Waals surface area contributed by atoms with Gasteiger partial charge in [0.05, 0.1) is 11.9 Å². The van der Waals surface area contributed by atoms with Crippen LogP contribution in [0.25, 0.3) is 0 Å². The molecule has 2 aromatic rings. The average molecular weight is 506 g/mol. The number of benzene rings is 2. The number of halogens is 2. The number of carbonyl (C=O) groups excluding carboxylic acids is 1. The van der Waals surface area contributed by atoms with Crippen LogP contribution in [0, 0.1) is 0 Å². The quantitative estimate of drug-likeness (QED) is 0.489. The predicted octanol–water partition coefficient (Wildman–Crippen LogP) is 4.31. The minimum atomic E-state index is -3.57. The summed E-state index contributed by atoms with van der Waals surface area (Å²) in [6.07, 6.45) is 1.88. The van der Waals surface area contributed by atoms with Gasteiger partial charge >= 0.3 is 0 Å². The van der Waals surface area contributed by atoms with Crippen LogP contribution in [-0.4, -0.2) is 39.4 Å². The molecule has 0 spiro atoms. The molecule has 0 radical (unpaired) electrons. The van der Waals surface area contributed by atoms with E-state index in [1.807, 2.05) is 24.3 Å². The van der Waals surface area contributed by atoms with Gasteiger partial charge < -0.3 is 5.32 Å². The van der Waals surface area contributed by atoms with Crippen molar-refractivity contribution < 1.29 is 13.2 Å². The molecule has 5 nitrogen and oxygen atoms in total. The van der Waals surface area contributed by atoms with Gasteiger partial charge in [-0.2, -0.15) is 11.8 Å². The fraction of sp³-hybridized carbons (Fsp3) is 0.316. The predicted molar refractivity (Wildman–Crippen MR) is 122 cm³/mol. The van der Waals surface area contributed by atoms with E-state index in [2.05, 4.69) is 21.2 Å². The molecule has 0 aliphatic rings. The molecule has 0 saturated carbocycles. The molecule has 28 heavy (non-hydrogen) atoms. The average Bonchev–Trinajstić information content (AvgIpc) is 2.63. The molecule has 0 aromatic heterocycles. The molecule has 0 bridgehead atoms. The number of rotatable bonds is 10. The maximum absolute atomic E-state index is 12.2. The van der Waals surface area contributed by atoms with Crippen LogP contribution in [0.3, 0.4) is 0 Å². The normalized spacial score (nSPS) is 11.2. The van der Waals surface area contributed by atoms with E-state index in [0.29, 0.717) is 12.2 Å². The van der Waals surface area contributed by atoms with Crippen LogP contribution in [0.4, 0.5) is 5.69 Å². The van der Waals surface area contributed by atoms with Crippen LogP contribution < -0.4 is 9.62 Å². The molecule has 0 fully saturated rings. The summed E-state index contributed by atoms with van der Waals surface area (Å²) in [7, 11) is -3.57. The van der Waals surface area contributed by atoms with E-state index in [9.17, 15) is 13.2 Å². The van der Waals surface area contributed by atoms with Gasteiger partial charge in [0.2, 0.25) is 15.9 Å². The molecule has 0 aliphatic heterocycles. The van der Waals surface area contributed by atoms with E-state index >= 15 is 0 Å². The Morgan fingerprint density at radius 1 is 1.21 bits per heavy atom. The first-order valence-corrected chi connectivity index (χ1v) is 12.8. The Balaban J connectivity index is 1.76. The van der Waals surface area contributed by atoms with Gasteiger partial charge in [-0.15, -0.1) is 0 Å². The number of nitrogens with zero attached hydrogens (tertiary/aromatic N) is 1. The first kappa shape index (κ1) is 23.1. The minimum Gasteiger partial charge on any atom is -0.354 e. The number of nitrogens with one attached hydrogen (secondary N) is 1. The van der Waals surface area contributed by atoms with Gasteiger partial charge in [-0.1, -0.05) is 51.8 Å². The second kappa shape index (κ2) is 11.1. The van der Waals surface area contributed by atoms with Gasteiger partial charge in [0, 0.05) is 21.8 Å². The largest absolute Gasteiger partial charge is 0.354 e. The van der Waals surface area contributed by atoms with Gasteiger partial charge in [-0.05, 0) is 42.0 Å². The molecule has 2 rings (SSSR count). The summed E-state index contributed by atoms with van der Waals surface area (Å²) in [4.78, 5) is 12.2. The number of hydrogen-bond donors (Lipinski definition) is 1. The summed E-state index contributed by atoms with van der Waals surface area (Å²) >= 11 is 11.2. The van der Waals surface area contributed by atoms with Gasteiger partial charge in [0.15, 0.2) is 0 Å². The topological polar surface area (TPSA) is 66.5 Å². The molecule has 0 unspecified atom stereocenters. The van der Waals surface area contributed by atoms with E-state index in [-0.39, 0.29) is 12.5 Å². The monoisotopic (exact) mass is 504 g/mol. The molecular weight excluding hydrogens is 484 g/mol. The van der Waals surface area contributed by atoms with Crippen molar-refractivity contribution in [3.8, 4) is 0 Å². The van der Waals surface area contributed by atoms with Gasteiger partial charge in [0.1, 0.15) is 6.54 Å². The number of amides is 1. The van der Waals surface area contributed by atoms with E-state index in [4.69, 9.17) is 11.6 Å². The van der Waals surface area contributed by atoms with Crippen LogP contribution in [-0.2, 0) is 20.6 Å². The summed E-state index contributed by atoms with van der Waals surface area (Å²) in [6.45, 7) is 0.243. The molecule has 2 aromatic carbocycles. The zero-order valence-electron chi connectivity index (χ0n) is 15.4. The maximum atomic E-state index is 12.2. The lowest BCUT2D eigenvalue weighted by Crippen LogP contribution is -2.40. The lowest BCUT2D eigenvalue weighted by molar-refractivity contribution is -0.119. The van der Waals surface area contributed by atoms with Crippen molar-refractivity contribution in [2.24, 2.45) is 0 Å². The third-order valence-corrected chi connectivity index (χ3v) is 6.88. The first-order chi connectivity index (χ1) is 13.3. The zero-order valence-corrected chi connectivity index (χ0v) is 19.4. The third kappa shape index (κ3) is 7.66. The number of carbonyl (C=O) groups is 1.